The summed E-state index contributed by atoms with van der Waals surface area (Å²) >= 11 is 0. The molecule has 5 atom stereocenters. The van der Waals surface area contributed by atoms with Crippen LogP contribution in [0.3, 0.4) is 0 Å². The van der Waals surface area contributed by atoms with Crippen molar-refractivity contribution in [1.82, 2.24) is 0 Å². The van der Waals surface area contributed by atoms with Gasteiger partial charge < -0.3 is 27.5 Å². The van der Waals surface area contributed by atoms with Crippen LogP contribution in [0.15, 0.2) is 0 Å². The molecule has 0 bridgehead atoms. The van der Waals surface area contributed by atoms with Crippen molar-refractivity contribution < 1.29 is 27.5 Å². The Balaban J connectivity index is 3.42. The highest BCUT2D eigenvalue weighted by atomic mass is 28.4. The van der Waals surface area contributed by atoms with Crippen LogP contribution in [0.2, 0.25) is 78.6 Å². The van der Waals surface area contributed by atoms with Crippen molar-refractivity contribution in [2.45, 2.75) is 161 Å². The van der Waals surface area contributed by atoms with E-state index in [1.165, 1.54) is 25.7 Å². The molecule has 0 aromatic rings. The molecule has 0 radical (unpaired) electrons. The molecule has 1 N–H and O–H groups in total. The average Bonchev–Trinajstić information content (AvgIpc) is 2.65. The van der Waals surface area contributed by atoms with E-state index >= 15 is 0 Å². The second-order valence-electron chi connectivity index (χ2n) is 14.5. The van der Waals surface area contributed by atoms with Crippen molar-refractivity contribution >= 4 is 33.3 Å². The molecule has 0 aliphatic carbocycles. The average molecular weight is 581 g/mol. The number of rotatable bonds is 16. The van der Waals surface area contributed by atoms with Gasteiger partial charge in [0.15, 0.2) is 39.1 Å². The molecule has 1 fully saturated rings. The number of ether oxygens (including phenoxy) is 1. The first-order valence-corrected chi connectivity index (χ1v) is 27.9. The monoisotopic (exact) mass is 580 g/mol. The van der Waals surface area contributed by atoms with E-state index in [1.54, 1.807) is 0 Å². The molecular formula is C26H60O6Si4. The van der Waals surface area contributed by atoms with Crippen molar-refractivity contribution in [2.24, 2.45) is 0 Å². The second kappa shape index (κ2) is 13.8. The largest absolute Gasteiger partial charge is 0.415 e. The highest BCUT2D eigenvalue weighted by molar-refractivity contribution is 6.71. The highest BCUT2D eigenvalue weighted by Gasteiger charge is 2.57. The van der Waals surface area contributed by atoms with Crippen molar-refractivity contribution in [3.63, 3.8) is 0 Å². The van der Waals surface area contributed by atoms with Crippen LogP contribution in [0.5, 0.6) is 0 Å². The first kappa shape index (κ1) is 34.7. The number of unbranched alkanes of at least 4 members (excludes halogenated alkanes) is 5. The van der Waals surface area contributed by atoms with Gasteiger partial charge in [0.05, 0.1) is 6.61 Å². The second-order valence-corrected chi connectivity index (χ2v) is 32.4. The number of aliphatic hydroxyl groups is 1. The fourth-order valence-electron chi connectivity index (χ4n) is 4.49. The predicted octanol–water partition coefficient (Wildman–Crippen LogP) is 7.34. The lowest BCUT2D eigenvalue weighted by Crippen LogP contribution is -2.70. The Labute approximate surface area is 227 Å². The summed E-state index contributed by atoms with van der Waals surface area (Å²) < 4.78 is 33.4. The molecule has 1 unspecified atom stereocenters. The fraction of sp³-hybridized carbons (Fsp3) is 1.00. The van der Waals surface area contributed by atoms with Crippen LogP contribution in [0.25, 0.3) is 0 Å². The quantitative estimate of drug-likeness (QED) is 0.152. The first-order valence-electron chi connectivity index (χ1n) is 14.2. The van der Waals surface area contributed by atoms with Crippen molar-refractivity contribution in [3.8, 4) is 0 Å². The summed E-state index contributed by atoms with van der Waals surface area (Å²) in [4.78, 5) is 0. The molecule has 1 rings (SSSR count). The molecule has 1 aliphatic heterocycles. The molecule has 0 aromatic carbocycles. The Morgan fingerprint density at radius 2 is 1.11 bits per heavy atom. The van der Waals surface area contributed by atoms with Gasteiger partial charge in [-0.2, -0.15) is 0 Å². The molecule has 10 heteroatoms. The zero-order valence-corrected chi connectivity index (χ0v) is 30.0. The lowest BCUT2D eigenvalue weighted by atomic mass is 9.89. The molecule has 1 saturated heterocycles. The van der Waals surface area contributed by atoms with Gasteiger partial charge in [-0.3, -0.25) is 0 Å². The van der Waals surface area contributed by atoms with E-state index < -0.39 is 57.4 Å². The van der Waals surface area contributed by atoms with Gasteiger partial charge in [-0.15, -0.1) is 0 Å². The van der Waals surface area contributed by atoms with Crippen LogP contribution in [0.4, 0.5) is 0 Å². The Bertz CT molecular complexity index is 638. The van der Waals surface area contributed by atoms with E-state index in [9.17, 15) is 5.11 Å². The third-order valence-corrected chi connectivity index (χ3v) is 9.77. The predicted molar refractivity (Wildman–Crippen MR) is 162 cm³/mol. The molecule has 1 aliphatic rings. The summed E-state index contributed by atoms with van der Waals surface area (Å²) in [5, 5.41) is 12.2. The van der Waals surface area contributed by atoms with E-state index in [0.717, 1.165) is 12.8 Å². The van der Waals surface area contributed by atoms with E-state index in [-0.39, 0.29) is 6.10 Å². The van der Waals surface area contributed by atoms with Crippen LogP contribution >= 0.6 is 0 Å². The summed E-state index contributed by atoms with van der Waals surface area (Å²) in [5.41, 5.74) is 0. The maximum atomic E-state index is 12.2. The SMILES string of the molecule is CCCCCCCCC1(O)O[C@H](CO[Si](C)(C)C)[C@@H](O[Si](C)(C)C)[C@H](O[Si](C)(C)C)[C@H]1O[Si](C)(C)C. The normalized spacial score (nSPS) is 28.5. The van der Waals surface area contributed by atoms with Crippen molar-refractivity contribution in [1.29, 1.82) is 0 Å². The van der Waals surface area contributed by atoms with Crippen LogP contribution in [-0.2, 0) is 22.4 Å². The van der Waals surface area contributed by atoms with Crippen LogP contribution in [0.1, 0.15) is 51.9 Å². The standard InChI is InChI=1S/C26H60O6Si4/c1-14-15-16-17-18-19-20-26(27)25(32-36(11,12)13)24(31-35(8,9)10)23(30-34(5,6)7)22(29-26)21-28-33(2,3)4/h22-25,27H,14-21H2,1-13H3/t22-,23-,24+,25-,26?/m1/s1. The molecule has 216 valence electrons. The van der Waals surface area contributed by atoms with E-state index in [0.29, 0.717) is 13.0 Å². The highest BCUT2D eigenvalue weighted by Crippen LogP contribution is 2.40. The maximum Gasteiger partial charge on any atom is 0.194 e. The molecular weight excluding hydrogens is 521 g/mol. The molecule has 0 aromatic heterocycles. The van der Waals surface area contributed by atoms with Gasteiger partial charge in [-0.05, 0) is 85.0 Å². The zero-order chi connectivity index (χ0) is 28.0. The Hall–Kier alpha value is 0.628. The summed E-state index contributed by atoms with van der Waals surface area (Å²) in [5.74, 6) is -1.43. The zero-order valence-electron chi connectivity index (χ0n) is 26.0. The minimum absolute atomic E-state index is 0.342. The molecule has 0 spiro atoms. The van der Waals surface area contributed by atoms with Crippen LogP contribution < -0.4 is 0 Å². The Kier molecular flexibility index (Phi) is 13.3. The lowest BCUT2D eigenvalue weighted by molar-refractivity contribution is -0.342. The Morgan fingerprint density at radius 3 is 1.58 bits per heavy atom. The van der Waals surface area contributed by atoms with Crippen molar-refractivity contribution in [2.75, 3.05) is 6.61 Å². The molecule has 6 nitrogen and oxygen atoms in total. The Morgan fingerprint density at radius 1 is 0.639 bits per heavy atom. The summed E-state index contributed by atoms with van der Waals surface area (Å²) in [6, 6.07) is 0. The van der Waals surface area contributed by atoms with E-state index in [1.807, 2.05) is 0 Å². The molecule has 36 heavy (non-hydrogen) atoms. The third kappa shape index (κ3) is 13.6. The van der Waals surface area contributed by atoms with Crippen molar-refractivity contribution in [3.05, 3.63) is 0 Å². The molecule has 1 heterocycles. The van der Waals surface area contributed by atoms with Gasteiger partial charge >= 0.3 is 0 Å². The maximum absolute atomic E-state index is 12.2. The lowest BCUT2D eigenvalue weighted by Gasteiger charge is -2.54. The molecule has 0 saturated carbocycles. The smallest absolute Gasteiger partial charge is 0.194 e. The minimum Gasteiger partial charge on any atom is -0.415 e. The first-order chi connectivity index (χ1) is 16.2. The summed E-state index contributed by atoms with van der Waals surface area (Å²) in [6.07, 6.45) is 5.69. The van der Waals surface area contributed by atoms with Gasteiger partial charge in [0, 0.05) is 6.42 Å². The topological polar surface area (TPSA) is 66.4 Å². The van der Waals surface area contributed by atoms with Gasteiger partial charge in [0.2, 0.25) is 0 Å². The molecule has 0 amide bonds. The minimum atomic E-state index is -2.05. The third-order valence-electron chi connectivity index (χ3n) is 5.82. The summed E-state index contributed by atoms with van der Waals surface area (Å²) in [6.45, 7) is 28.8. The van der Waals surface area contributed by atoms with Gasteiger partial charge in [-0.25, -0.2) is 0 Å². The van der Waals surface area contributed by atoms with Gasteiger partial charge in [-0.1, -0.05) is 39.0 Å². The van der Waals surface area contributed by atoms with Gasteiger partial charge in [0.1, 0.15) is 24.4 Å². The number of hydrogen-bond donors (Lipinski definition) is 1. The van der Waals surface area contributed by atoms with Gasteiger partial charge in [0.25, 0.3) is 0 Å². The fourth-order valence-corrected chi connectivity index (χ4v) is 8.41. The summed E-state index contributed by atoms with van der Waals surface area (Å²) in [7, 11) is -7.84. The van der Waals surface area contributed by atoms with E-state index in [4.69, 9.17) is 22.4 Å². The van der Waals surface area contributed by atoms with Crippen LogP contribution in [0, 0.1) is 0 Å². The van der Waals surface area contributed by atoms with E-state index in [2.05, 4.69) is 85.5 Å². The number of hydrogen-bond acceptors (Lipinski definition) is 6. The van der Waals surface area contributed by atoms with Crippen LogP contribution in [-0.4, -0.2) is 75.2 Å².